The predicted molar refractivity (Wildman–Crippen MR) is 71.2 cm³/mol. The van der Waals surface area contributed by atoms with Crippen molar-refractivity contribution in [2.24, 2.45) is 0 Å². The number of ether oxygens (including phenoxy) is 1. The lowest BCUT2D eigenvalue weighted by molar-refractivity contribution is 0.0376. The van der Waals surface area contributed by atoms with Gasteiger partial charge in [-0.3, -0.25) is 0 Å². The maximum absolute atomic E-state index is 6.06. The van der Waals surface area contributed by atoms with Gasteiger partial charge in [-0.2, -0.15) is 0 Å². The number of aryl methyl sites for hydroxylation is 1. The van der Waals surface area contributed by atoms with Crippen LogP contribution in [0.25, 0.3) is 0 Å². The summed E-state index contributed by atoms with van der Waals surface area (Å²) < 4.78 is 6.06. The van der Waals surface area contributed by atoms with Gasteiger partial charge in [0.05, 0.1) is 12.7 Å². The maximum Gasteiger partial charge on any atom is 0.0828 e. The summed E-state index contributed by atoms with van der Waals surface area (Å²) in [5, 5.41) is 0. The summed E-state index contributed by atoms with van der Waals surface area (Å²) in [6.07, 6.45) is 5.27. The van der Waals surface area contributed by atoms with E-state index in [0.29, 0.717) is 6.10 Å². The molecule has 0 N–H and O–H groups in total. The monoisotopic (exact) mass is 233 g/mol. The maximum atomic E-state index is 6.06. The molecule has 0 heterocycles. The van der Waals surface area contributed by atoms with Crippen LogP contribution in [-0.2, 0) is 11.2 Å². The van der Waals surface area contributed by atoms with Crippen LogP contribution in [0.4, 0.5) is 0 Å². The molecule has 1 unspecified atom stereocenters. The number of hydrogen-bond donors (Lipinski definition) is 0. The number of fused-ring (bicyclic) bond motifs is 1. The standard InChI is InChI=1S/C15H23NO/c1-16(2)11-12-17-15-10-6-4-8-13-7-3-5-9-14(13)15/h3,5,7,9,15H,4,6,8,10-12H2,1-2H3. The molecular weight excluding hydrogens is 210 g/mol. The van der Waals surface area contributed by atoms with E-state index >= 15 is 0 Å². The van der Waals surface area contributed by atoms with Gasteiger partial charge in [0.2, 0.25) is 0 Å². The highest BCUT2D eigenvalue weighted by atomic mass is 16.5. The molecule has 17 heavy (non-hydrogen) atoms. The van der Waals surface area contributed by atoms with Crippen molar-refractivity contribution in [1.29, 1.82) is 0 Å². The number of likely N-dealkylation sites (N-methyl/N-ethyl adjacent to an activating group) is 1. The zero-order chi connectivity index (χ0) is 12.1. The van der Waals surface area contributed by atoms with Crippen LogP contribution in [0, 0.1) is 0 Å². The highest BCUT2D eigenvalue weighted by molar-refractivity contribution is 5.30. The lowest BCUT2D eigenvalue weighted by Gasteiger charge is -2.19. The molecule has 0 amide bonds. The molecule has 0 bridgehead atoms. The normalized spacial score (nSPS) is 20.1. The molecule has 0 fully saturated rings. The quantitative estimate of drug-likeness (QED) is 0.741. The van der Waals surface area contributed by atoms with Gasteiger partial charge in [-0.1, -0.05) is 30.7 Å². The van der Waals surface area contributed by atoms with Crippen LogP contribution in [0.3, 0.4) is 0 Å². The molecule has 0 radical (unpaired) electrons. The van der Waals surface area contributed by atoms with Crippen molar-refractivity contribution in [3.05, 3.63) is 35.4 Å². The van der Waals surface area contributed by atoms with Crippen LogP contribution < -0.4 is 0 Å². The van der Waals surface area contributed by atoms with Gasteiger partial charge < -0.3 is 9.64 Å². The van der Waals surface area contributed by atoms with E-state index < -0.39 is 0 Å². The highest BCUT2D eigenvalue weighted by Crippen LogP contribution is 2.31. The fourth-order valence-electron chi connectivity index (χ4n) is 2.43. The van der Waals surface area contributed by atoms with E-state index in [1.807, 2.05) is 0 Å². The summed E-state index contributed by atoms with van der Waals surface area (Å²) in [4.78, 5) is 2.17. The number of rotatable bonds is 4. The Hall–Kier alpha value is -0.860. The molecule has 2 rings (SSSR count). The van der Waals surface area contributed by atoms with Crippen molar-refractivity contribution in [2.75, 3.05) is 27.2 Å². The average molecular weight is 233 g/mol. The first-order valence-corrected chi connectivity index (χ1v) is 6.61. The molecule has 1 atom stereocenters. The Morgan fingerprint density at radius 2 is 2.06 bits per heavy atom. The van der Waals surface area contributed by atoms with Crippen molar-refractivity contribution in [2.45, 2.75) is 31.8 Å². The van der Waals surface area contributed by atoms with Gasteiger partial charge in [-0.15, -0.1) is 0 Å². The Kier molecular flexibility index (Phi) is 4.57. The third-order valence-corrected chi connectivity index (χ3v) is 3.42. The SMILES string of the molecule is CN(C)CCOC1CCCCc2ccccc21. The van der Waals surface area contributed by atoms with Crippen molar-refractivity contribution >= 4 is 0 Å². The van der Waals surface area contributed by atoms with Crippen LogP contribution in [0.2, 0.25) is 0 Å². The fraction of sp³-hybridized carbons (Fsp3) is 0.600. The minimum atomic E-state index is 0.314. The summed E-state index contributed by atoms with van der Waals surface area (Å²) >= 11 is 0. The summed E-state index contributed by atoms with van der Waals surface area (Å²) in [6, 6.07) is 8.76. The van der Waals surface area contributed by atoms with E-state index in [1.54, 1.807) is 0 Å². The van der Waals surface area contributed by atoms with Gasteiger partial charge >= 0.3 is 0 Å². The van der Waals surface area contributed by atoms with E-state index in [4.69, 9.17) is 4.74 Å². The van der Waals surface area contributed by atoms with Crippen LogP contribution in [0.5, 0.6) is 0 Å². The number of benzene rings is 1. The van der Waals surface area contributed by atoms with Gasteiger partial charge in [-0.25, -0.2) is 0 Å². The first kappa shape index (κ1) is 12.6. The molecule has 0 saturated carbocycles. The second kappa shape index (κ2) is 6.18. The summed E-state index contributed by atoms with van der Waals surface area (Å²) in [6.45, 7) is 1.82. The fourth-order valence-corrected chi connectivity index (χ4v) is 2.43. The second-order valence-electron chi connectivity index (χ2n) is 5.11. The predicted octanol–water partition coefficient (Wildman–Crippen LogP) is 3.03. The van der Waals surface area contributed by atoms with Gasteiger partial charge in [0.25, 0.3) is 0 Å². The Balaban J connectivity index is 2.01. The van der Waals surface area contributed by atoms with Crippen LogP contribution in [-0.4, -0.2) is 32.1 Å². The molecule has 1 aromatic carbocycles. The summed E-state index contributed by atoms with van der Waals surface area (Å²) in [5.41, 5.74) is 2.91. The van der Waals surface area contributed by atoms with E-state index in [9.17, 15) is 0 Å². The van der Waals surface area contributed by atoms with Crippen LogP contribution in [0.15, 0.2) is 24.3 Å². The molecule has 0 spiro atoms. The van der Waals surface area contributed by atoms with Gasteiger partial charge in [0.15, 0.2) is 0 Å². The number of nitrogens with zero attached hydrogens (tertiary/aromatic N) is 1. The molecule has 0 aromatic heterocycles. The topological polar surface area (TPSA) is 12.5 Å². The largest absolute Gasteiger partial charge is 0.372 e. The van der Waals surface area contributed by atoms with Crippen LogP contribution >= 0.6 is 0 Å². The number of hydrogen-bond acceptors (Lipinski definition) is 2. The van der Waals surface area contributed by atoms with E-state index in [-0.39, 0.29) is 0 Å². The van der Waals surface area contributed by atoms with E-state index in [1.165, 1.54) is 36.8 Å². The Labute approximate surface area is 105 Å². The van der Waals surface area contributed by atoms with Crippen molar-refractivity contribution in [3.63, 3.8) is 0 Å². The minimum absolute atomic E-state index is 0.314. The van der Waals surface area contributed by atoms with E-state index in [0.717, 1.165) is 13.2 Å². The smallest absolute Gasteiger partial charge is 0.0828 e. The van der Waals surface area contributed by atoms with Gasteiger partial charge in [-0.05, 0) is 44.5 Å². The molecule has 2 nitrogen and oxygen atoms in total. The highest BCUT2D eigenvalue weighted by Gasteiger charge is 2.18. The second-order valence-corrected chi connectivity index (χ2v) is 5.11. The molecule has 2 heteroatoms. The Morgan fingerprint density at radius 1 is 1.24 bits per heavy atom. The first-order valence-electron chi connectivity index (χ1n) is 6.61. The third kappa shape index (κ3) is 3.55. The minimum Gasteiger partial charge on any atom is -0.372 e. The van der Waals surface area contributed by atoms with Crippen molar-refractivity contribution in [1.82, 2.24) is 4.90 Å². The molecule has 0 aliphatic heterocycles. The van der Waals surface area contributed by atoms with Gasteiger partial charge in [0.1, 0.15) is 0 Å². The zero-order valence-corrected chi connectivity index (χ0v) is 11.0. The lowest BCUT2D eigenvalue weighted by Crippen LogP contribution is -2.19. The Morgan fingerprint density at radius 3 is 2.88 bits per heavy atom. The molecule has 1 aromatic rings. The lowest BCUT2D eigenvalue weighted by atomic mass is 10.0. The molecule has 1 aliphatic carbocycles. The average Bonchev–Trinajstić information content (AvgIpc) is 2.52. The summed E-state index contributed by atoms with van der Waals surface area (Å²) in [7, 11) is 4.18. The van der Waals surface area contributed by atoms with Crippen LogP contribution in [0.1, 0.15) is 36.5 Å². The summed E-state index contributed by atoms with van der Waals surface area (Å²) in [5.74, 6) is 0. The zero-order valence-electron chi connectivity index (χ0n) is 11.0. The third-order valence-electron chi connectivity index (χ3n) is 3.42. The molecule has 0 saturated heterocycles. The van der Waals surface area contributed by atoms with Crippen molar-refractivity contribution < 1.29 is 4.74 Å². The molecule has 1 aliphatic rings. The van der Waals surface area contributed by atoms with E-state index in [2.05, 4.69) is 43.3 Å². The van der Waals surface area contributed by atoms with Crippen molar-refractivity contribution in [3.8, 4) is 0 Å². The van der Waals surface area contributed by atoms with Gasteiger partial charge in [0, 0.05) is 6.54 Å². The first-order chi connectivity index (χ1) is 8.27. The molecule has 94 valence electrons. The Bertz CT molecular complexity index is 349. The molecular formula is C15H23NO.